The summed E-state index contributed by atoms with van der Waals surface area (Å²) < 4.78 is 14.3. The van der Waals surface area contributed by atoms with Crippen LogP contribution in [0.5, 0.6) is 0 Å². The third kappa shape index (κ3) is 1.15. The molecule has 2 bridgehead atoms. The average molecular weight is 244 g/mol. The lowest BCUT2D eigenvalue weighted by Gasteiger charge is -2.34. The van der Waals surface area contributed by atoms with Crippen LogP contribution in [0.15, 0.2) is 24.3 Å². The highest BCUT2D eigenvalue weighted by molar-refractivity contribution is 5.76. The summed E-state index contributed by atoms with van der Waals surface area (Å²) in [5.41, 5.74) is 2.20. The first kappa shape index (κ1) is 10.5. The number of hydrogen-bond acceptors (Lipinski definition) is 3. The molecule has 18 heavy (non-hydrogen) atoms. The second kappa shape index (κ2) is 3.33. The third-order valence-electron chi connectivity index (χ3n) is 3.94. The van der Waals surface area contributed by atoms with E-state index in [0.717, 1.165) is 17.9 Å². The Balaban J connectivity index is 2.02. The summed E-state index contributed by atoms with van der Waals surface area (Å²) in [4.78, 5) is 4.74. The highest BCUT2D eigenvalue weighted by atomic mass is 16.7. The van der Waals surface area contributed by atoms with E-state index < -0.39 is 5.79 Å². The summed E-state index contributed by atoms with van der Waals surface area (Å²) in [7, 11) is 0. The fourth-order valence-electron chi connectivity index (χ4n) is 3.03. The van der Waals surface area contributed by atoms with Crippen molar-refractivity contribution in [3.63, 3.8) is 0 Å². The molecule has 94 valence electrons. The van der Waals surface area contributed by atoms with Crippen LogP contribution in [0.2, 0.25) is 0 Å². The minimum atomic E-state index is -0.651. The van der Waals surface area contributed by atoms with Crippen LogP contribution in [-0.4, -0.2) is 22.3 Å². The number of nitrogens with zero attached hydrogens (tertiary/aromatic N) is 2. The number of rotatable bonds is 1. The molecule has 0 N–H and O–H groups in total. The van der Waals surface area contributed by atoms with E-state index >= 15 is 0 Å². The fourth-order valence-corrected chi connectivity index (χ4v) is 3.03. The Morgan fingerprint density at radius 3 is 3.06 bits per heavy atom. The molecule has 0 radical (unpaired) electrons. The van der Waals surface area contributed by atoms with Crippen LogP contribution in [0.4, 0.5) is 0 Å². The Kier molecular flexibility index (Phi) is 1.95. The molecule has 1 aromatic carbocycles. The number of benzene rings is 1. The first-order valence-electron chi connectivity index (χ1n) is 6.48. The summed E-state index contributed by atoms with van der Waals surface area (Å²) in [5.74, 6) is 0.521. The molecule has 0 spiro atoms. The van der Waals surface area contributed by atoms with E-state index in [9.17, 15) is 0 Å². The lowest BCUT2D eigenvalue weighted by molar-refractivity contribution is -0.224. The van der Waals surface area contributed by atoms with Gasteiger partial charge in [0, 0.05) is 5.92 Å². The van der Waals surface area contributed by atoms with Gasteiger partial charge < -0.3 is 14.0 Å². The van der Waals surface area contributed by atoms with Crippen LogP contribution in [0.1, 0.15) is 19.7 Å². The van der Waals surface area contributed by atoms with Crippen molar-refractivity contribution in [2.24, 2.45) is 5.92 Å². The summed E-state index contributed by atoms with van der Waals surface area (Å²) in [6.45, 7) is 5.74. The molecule has 2 atom stereocenters. The van der Waals surface area contributed by atoms with Crippen LogP contribution in [0.3, 0.4) is 0 Å². The number of imidazole rings is 1. The summed E-state index contributed by atoms with van der Waals surface area (Å²) in [5, 5.41) is 0. The third-order valence-corrected chi connectivity index (χ3v) is 3.94. The zero-order chi connectivity index (χ0) is 12.3. The van der Waals surface area contributed by atoms with Gasteiger partial charge in [-0.1, -0.05) is 26.0 Å². The monoisotopic (exact) mass is 244 g/mol. The van der Waals surface area contributed by atoms with Crippen molar-refractivity contribution in [1.29, 1.82) is 0 Å². The molecule has 4 heteroatoms. The molecular weight excluding hydrogens is 228 g/mol. The zero-order valence-electron chi connectivity index (χ0n) is 10.6. The molecule has 2 aromatic rings. The van der Waals surface area contributed by atoms with Crippen molar-refractivity contribution in [1.82, 2.24) is 9.55 Å². The molecule has 0 amide bonds. The van der Waals surface area contributed by atoms with Gasteiger partial charge in [0.05, 0.1) is 24.2 Å². The van der Waals surface area contributed by atoms with Crippen molar-refractivity contribution in [3.8, 4) is 0 Å². The Morgan fingerprint density at radius 2 is 2.22 bits per heavy atom. The summed E-state index contributed by atoms with van der Waals surface area (Å²) >= 11 is 0. The van der Waals surface area contributed by atoms with Crippen molar-refractivity contribution < 1.29 is 9.47 Å². The van der Waals surface area contributed by atoms with Crippen LogP contribution in [0.25, 0.3) is 11.0 Å². The number of hydrogen-bond donors (Lipinski definition) is 0. The number of aromatic nitrogens is 2. The van der Waals surface area contributed by atoms with E-state index in [0.29, 0.717) is 6.61 Å². The van der Waals surface area contributed by atoms with Gasteiger partial charge in [-0.25, -0.2) is 4.98 Å². The highest BCUT2D eigenvalue weighted by Crippen LogP contribution is 2.44. The van der Waals surface area contributed by atoms with E-state index in [2.05, 4.69) is 30.5 Å². The van der Waals surface area contributed by atoms with Gasteiger partial charge in [-0.05, 0) is 12.1 Å². The molecule has 2 aliphatic heterocycles. The highest BCUT2D eigenvalue weighted by Gasteiger charge is 2.52. The molecule has 0 unspecified atom stereocenters. The Labute approximate surface area is 106 Å². The van der Waals surface area contributed by atoms with Gasteiger partial charge in [-0.2, -0.15) is 0 Å². The van der Waals surface area contributed by atoms with Gasteiger partial charge in [0.15, 0.2) is 5.82 Å². The Morgan fingerprint density at radius 1 is 1.39 bits per heavy atom. The van der Waals surface area contributed by atoms with Gasteiger partial charge in [0.2, 0.25) is 5.79 Å². The first-order chi connectivity index (χ1) is 8.71. The first-order valence-corrected chi connectivity index (χ1v) is 6.48. The van der Waals surface area contributed by atoms with Crippen LogP contribution in [-0.2, 0) is 21.8 Å². The van der Waals surface area contributed by atoms with E-state index in [1.165, 1.54) is 5.52 Å². The molecule has 3 heterocycles. The molecule has 4 nitrogen and oxygen atoms in total. The Hall–Kier alpha value is -1.39. The van der Waals surface area contributed by atoms with Crippen molar-refractivity contribution in [2.45, 2.75) is 32.3 Å². The van der Waals surface area contributed by atoms with E-state index in [-0.39, 0.29) is 12.0 Å². The number of fused-ring (bicyclic) bond motifs is 6. The summed E-state index contributed by atoms with van der Waals surface area (Å²) in [6.07, 6.45) is 0.150. The van der Waals surface area contributed by atoms with Crippen LogP contribution < -0.4 is 0 Å². The largest absolute Gasteiger partial charge is 0.340 e. The van der Waals surface area contributed by atoms with Crippen LogP contribution >= 0.6 is 0 Å². The molecule has 0 saturated carbocycles. The lowest BCUT2D eigenvalue weighted by atomic mass is 10.0. The number of para-hydroxylation sites is 2. The Bertz CT molecular complexity index is 619. The fraction of sp³-hybridized carbons (Fsp3) is 0.500. The van der Waals surface area contributed by atoms with Crippen molar-refractivity contribution in [3.05, 3.63) is 30.1 Å². The molecule has 1 aromatic heterocycles. The van der Waals surface area contributed by atoms with Gasteiger partial charge in [-0.3, -0.25) is 0 Å². The zero-order valence-corrected chi connectivity index (χ0v) is 10.6. The molecule has 4 rings (SSSR count). The molecule has 1 saturated heterocycles. The average Bonchev–Trinajstić information content (AvgIpc) is 2.92. The van der Waals surface area contributed by atoms with Crippen LogP contribution in [0, 0.1) is 5.92 Å². The molecular formula is C14H16N2O2. The van der Waals surface area contributed by atoms with Crippen molar-refractivity contribution in [2.75, 3.05) is 6.61 Å². The minimum absolute atomic E-state index is 0.150. The maximum Gasteiger partial charge on any atom is 0.231 e. The standard InChI is InChI=1S/C14H16N2O2/c1-9(2)14-13-15-11-5-3-4-6-12(11)16(13)7-10(18-14)8-17-14/h3-6,9-10H,7-8H2,1-2H3/t10-,14+/m0/s1. The van der Waals surface area contributed by atoms with E-state index in [1.807, 2.05) is 12.1 Å². The predicted molar refractivity (Wildman–Crippen MR) is 67.1 cm³/mol. The molecule has 1 fully saturated rings. The number of ether oxygens (including phenoxy) is 2. The normalized spacial score (nSPS) is 30.1. The topological polar surface area (TPSA) is 36.3 Å². The quantitative estimate of drug-likeness (QED) is 0.772. The van der Waals surface area contributed by atoms with Gasteiger partial charge in [0.25, 0.3) is 0 Å². The second-order valence-electron chi connectivity index (χ2n) is 5.41. The van der Waals surface area contributed by atoms with E-state index in [1.54, 1.807) is 0 Å². The maximum atomic E-state index is 6.10. The minimum Gasteiger partial charge on any atom is -0.340 e. The van der Waals surface area contributed by atoms with E-state index in [4.69, 9.17) is 14.5 Å². The smallest absolute Gasteiger partial charge is 0.231 e. The SMILES string of the molecule is CC(C)[C@]12OC[C@H](Cn3c1nc1ccccc13)O2. The maximum absolute atomic E-state index is 6.10. The van der Waals surface area contributed by atoms with Gasteiger partial charge in [-0.15, -0.1) is 0 Å². The van der Waals surface area contributed by atoms with Gasteiger partial charge in [0.1, 0.15) is 6.10 Å². The summed E-state index contributed by atoms with van der Waals surface area (Å²) in [6, 6.07) is 8.23. The lowest BCUT2D eigenvalue weighted by Crippen LogP contribution is -2.41. The molecule has 2 aliphatic rings. The second-order valence-corrected chi connectivity index (χ2v) is 5.41. The molecule has 0 aliphatic carbocycles. The van der Waals surface area contributed by atoms with Gasteiger partial charge >= 0.3 is 0 Å². The predicted octanol–water partition coefficient (Wildman–Crippen LogP) is 2.27. The van der Waals surface area contributed by atoms with Crippen molar-refractivity contribution >= 4 is 11.0 Å².